The maximum atomic E-state index is 12.7. The van der Waals surface area contributed by atoms with Gasteiger partial charge in [0, 0.05) is 17.9 Å². The molecule has 1 aliphatic heterocycles. The van der Waals surface area contributed by atoms with Gasteiger partial charge in [0.25, 0.3) is 0 Å². The van der Waals surface area contributed by atoms with Crippen molar-refractivity contribution in [2.75, 3.05) is 6.61 Å². The molecular weight excluding hydrogens is 236 g/mol. The molecule has 2 unspecified atom stereocenters. The average molecular weight is 258 g/mol. The molecule has 1 fully saturated rings. The van der Waals surface area contributed by atoms with Crippen molar-refractivity contribution in [3.63, 3.8) is 0 Å². The van der Waals surface area contributed by atoms with Crippen LogP contribution in [0.5, 0.6) is 5.75 Å². The fourth-order valence-electron chi connectivity index (χ4n) is 3.60. The molecule has 102 valence electrons. The normalized spacial score (nSPS) is 25.7. The summed E-state index contributed by atoms with van der Waals surface area (Å²) in [5, 5.41) is 0. The highest BCUT2D eigenvalue weighted by atomic mass is 16.5. The minimum absolute atomic E-state index is 0.249. The second-order valence-corrected chi connectivity index (χ2v) is 5.84. The van der Waals surface area contributed by atoms with Crippen LogP contribution >= 0.6 is 0 Å². The quantitative estimate of drug-likeness (QED) is 0.765. The monoisotopic (exact) mass is 258 g/mol. The van der Waals surface area contributed by atoms with E-state index in [-0.39, 0.29) is 5.92 Å². The lowest BCUT2D eigenvalue weighted by molar-refractivity contribution is 0.0820. The van der Waals surface area contributed by atoms with E-state index in [1.807, 2.05) is 12.1 Å². The molecule has 2 nitrogen and oxygen atoms in total. The zero-order valence-corrected chi connectivity index (χ0v) is 11.7. The van der Waals surface area contributed by atoms with Gasteiger partial charge in [-0.3, -0.25) is 4.79 Å². The van der Waals surface area contributed by atoms with Gasteiger partial charge in [-0.2, -0.15) is 0 Å². The maximum absolute atomic E-state index is 12.7. The maximum Gasteiger partial charge on any atom is 0.166 e. The third-order valence-corrected chi connectivity index (χ3v) is 4.74. The second-order valence-electron chi connectivity index (χ2n) is 5.84. The lowest BCUT2D eigenvalue weighted by atomic mass is 9.74. The predicted octanol–water partition coefficient (Wildman–Crippen LogP) is 4.02. The Labute approximate surface area is 115 Å². The third-order valence-electron chi connectivity index (χ3n) is 4.74. The van der Waals surface area contributed by atoms with Crippen molar-refractivity contribution in [3.05, 3.63) is 29.3 Å². The molecule has 1 aromatic carbocycles. The van der Waals surface area contributed by atoms with Gasteiger partial charge in [0.05, 0.1) is 6.61 Å². The van der Waals surface area contributed by atoms with Crippen LogP contribution in [-0.4, -0.2) is 12.4 Å². The Hall–Kier alpha value is -1.31. The molecule has 2 aliphatic rings. The fraction of sp³-hybridized carbons (Fsp3) is 0.588. The van der Waals surface area contributed by atoms with Gasteiger partial charge in [0.15, 0.2) is 5.78 Å². The minimum atomic E-state index is 0.249. The largest absolute Gasteiger partial charge is 0.493 e. The molecule has 0 amide bonds. The highest BCUT2D eigenvalue weighted by Gasteiger charge is 2.30. The first-order valence-electron chi connectivity index (χ1n) is 7.59. The lowest BCUT2D eigenvalue weighted by Crippen LogP contribution is -2.27. The molecule has 1 heterocycles. The highest BCUT2D eigenvalue weighted by Crippen LogP contribution is 2.35. The van der Waals surface area contributed by atoms with E-state index in [4.69, 9.17) is 4.74 Å². The van der Waals surface area contributed by atoms with Crippen molar-refractivity contribution in [1.29, 1.82) is 0 Å². The predicted molar refractivity (Wildman–Crippen MR) is 75.7 cm³/mol. The highest BCUT2D eigenvalue weighted by molar-refractivity contribution is 5.98. The summed E-state index contributed by atoms with van der Waals surface area (Å²) in [5.41, 5.74) is 2.10. The van der Waals surface area contributed by atoms with Gasteiger partial charge >= 0.3 is 0 Å². The molecule has 1 aromatic rings. The molecule has 0 spiro atoms. The van der Waals surface area contributed by atoms with Crippen LogP contribution < -0.4 is 4.74 Å². The number of Topliss-reactive ketones (excluding diaryl/α,β-unsaturated/α-hetero) is 1. The Morgan fingerprint density at radius 1 is 1.32 bits per heavy atom. The lowest BCUT2D eigenvalue weighted by Gasteiger charge is -2.29. The first-order chi connectivity index (χ1) is 9.29. The topological polar surface area (TPSA) is 26.3 Å². The van der Waals surface area contributed by atoms with E-state index in [0.717, 1.165) is 37.2 Å². The van der Waals surface area contributed by atoms with Crippen LogP contribution in [0.2, 0.25) is 0 Å². The van der Waals surface area contributed by atoms with Gasteiger partial charge in [0.2, 0.25) is 0 Å². The molecule has 0 bridgehead atoms. The minimum Gasteiger partial charge on any atom is -0.493 e. The second kappa shape index (κ2) is 5.36. The molecular formula is C17H22O2. The van der Waals surface area contributed by atoms with Crippen LogP contribution in [0.25, 0.3) is 0 Å². The van der Waals surface area contributed by atoms with Gasteiger partial charge in [-0.25, -0.2) is 0 Å². The first-order valence-corrected chi connectivity index (χ1v) is 7.59. The summed E-state index contributed by atoms with van der Waals surface area (Å²) in [7, 11) is 0. The van der Waals surface area contributed by atoms with Crippen LogP contribution in [0.1, 0.15) is 54.9 Å². The number of carbonyl (C=O) groups excluding carboxylic acids is 1. The zero-order valence-electron chi connectivity index (χ0n) is 11.7. The van der Waals surface area contributed by atoms with Crippen molar-refractivity contribution in [3.8, 4) is 5.75 Å². The van der Waals surface area contributed by atoms with Crippen molar-refractivity contribution >= 4 is 5.78 Å². The van der Waals surface area contributed by atoms with Crippen molar-refractivity contribution in [2.24, 2.45) is 11.8 Å². The summed E-state index contributed by atoms with van der Waals surface area (Å²) in [6, 6.07) is 5.99. The first kappa shape index (κ1) is 12.7. The van der Waals surface area contributed by atoms with Crippen LogP contribution in [0.3, 0.4) is 0 Å². The molecule has 2 heteroatoms. The third kappa shape index (κ3) is 2.41. The fourth-order valence-corrected chi connectivity index (χ4v) is 3.60. The van der Waals surface area contributed by atoms with Gasteiger partial charge in [-0.15, -0.1) is 0 Å². The van der Waals surface area contributed by atoms with E-state index in [1.54, 1.807) is 0 Å². The number of benzene rings is 1. The molecule has 0 saturated heterocycles. The Kier molecular flexibility index (Phi) is 3.58. The van der Waals surface area contributed by atoms with Crippen LogP contribution in [0, 0.1) is 11.8 Å². The SMILES string of the molecule is CCC1CCCCC1C(=O)c1ccc2c(c1)CCO2. The smallest absolute Gasteiger partial charge is 0.166 e. The van der Waals surface area contributed by atoms with Crippen molar-refractivity contribution < 1.29 is 9.53 Å². The van der Waals surface area contributed by atoms with Crippen LogP contribution in [0.15, 0.2) is 18.2 Å². The van der Waals surface area contributed by atoms with E-state index in [1.165, 1.54) is 24.8 Å². The molecule has 0 N–H and O–H groups in total. The Bertz CT molecular complexity index is 478. The average Bonchev–Trinajstić information content (AvgIpc) is 2.93. The Morgan fingerprint density at radius 2 is 2.16 bits per heavy atom. The number of hydrogen-bond acceptors (Lipinski definition) is 2. The summed E-state index contributed by atoms with van der Waals surface area (Å²) >= 11 is 0. The van der Waals surface area contributed by atoms with E-state index < -0.39 is 0 Å². The number of ketones is 1. The molecule has 2 atom stereocenters. The molecule has 0 radical (unpaired) electrons. The van der Waals surface area contributed by atoms with E-state index >= 15 is 0 Å². The number of fused-ring (bicyclic) bond motifs is 1. The summed E-state index contributed by atoms with van der Waals surface area (Å²) < 4.78 is 5.51. The van der Waals surface area contributed by atoms with E-state index in [0.29, 0.717) is 11.7 Å². The van der Waals surface area contributed by atoms with Crippen LogP contribution in [-0.2, 0) is 6.42 Å². The molecule has 1 saturated carbocycles. The summed E-state index contributed by atoms with van der Waals surface area (Å²) in [6.07, 6.45) is 6.87. The number of rotatable bonds is 3. The van der Waals surface area contributed by atoms with Gasteiger partial charge in [-0.05, 0) is 42.5 Å². The number of hydrogen-bond donors (Lipinski definition) is 0. The molecule has 0 aromatic heterocycles. The Balaban J connectivity index is 1.82. The van der Waals surface area contributed by atoms with Crippen molar-refractivity contribution in [1.82, 2.24) is 0 Å². The molecule has 19 heavy (non-hydrogen) atoms. The standard InChI is InChI=1S/C17H22O2/c1-2-12-5-3-4-6-15(12)17(18)14-7-8-16-13(11-14)9-10-19-16/h7-8,11-12,15H,2-6,9-10H2,1H3. The van der Waals surface area contributed by atoms with Crippen molar-refractivity contribution in [2.45, 2.75) is 45.4 Å². The van der Waals surface area contributed by atoms with E-state index in [2.05, 4.69) is 13.0 Å². The van der Waals surface area contributed by atoms with Crippen LogP contribution in [0.4, 0.5) is 0 Å². The number of ether oxygens (including phenoxy) is 1. The Morgan fingerprint density at radius 3 is 3.00 bits per heavy atom. The summed E-state index contributed by atoms with van der Waals surface area (Å²) in [4.78, 5) is 12.7. The zero-order chi connectivity index (χ0) is 13.2. The van der Waals surface area contributed by atoms with Gasteiger partial charge < -0.3 is 4.74 Å². The summed E-state index contributed by atoms with van der Waals surface area (Å²) in [5.74, 6) is 2.17. The van der Waals surface area contributed by atoms with Gasteiger partial charge in [0.1, 0.15) is 5.75 Å². The molecule has 1 aliphatic carbocycles. The van der Waals surface area contributed by atoms with Gasteiger partial charge in [-0.1, -0.05) is 26.2 Å². The number of carbonyl (C=O) groups is 1. The molecule has 3 rings (SSSR count). The summed E-state index contributed by atoms with van der Waals surface area (Å²) in [6.45, 7) is 2.97. The van der Waals surface area contributed by atoms with E-state index in [9.17, 15) is 4.79 Å².